The third-order valence-electron chi connectivity index (χ3n) is 6.85. The van der Waals surface area contributed by atoms with Crippen molar-refractivity contribution in [3.05, 3.63) is 84.1 Å². The molecule has 2 heterocycles. The minimum atomic E-state index is -0.444. The van der Waals surface area contributed by atoms with Crippen molar-refractivity contribution in [1.29, 1.82) is 0 Å². The molecule has 33 heavy (non-hydrogen) atoms. The maximum Gasteiger partial charge on any atom is 0.250 e. The Balaban J connectivity index is 1.61. The molecule has 0 bridgehead atoms. The van der Waals surface area contributed by atoms with Crippen molar-refractivity contribution in [3.8, 4) is 5.75 Å². The fourth-order valence-electron chi connectivity index (χ4n) is 5.27. The zero-order valence-electron chi connectivity index (χ0n) is 19.0. The summed E-state index contributed by atoms with van der Waals surface area (Å²) in [4.78, 5) is 29.0. The Labute approximate surface area is 193 Å². The number of allylic oxidation sites excluding steroid dienone is 3. The second-order valence-electron chi connectivity index (χ2n) is 8.71. The number of hydrogen-bond acceptors (Lipinski definition) is 3. The van der Waals surface area contributed by atoms with Crippen LogP contribution in [0.2, 0.25) is 0 Å². The van der Waals surface area contributed by atoms with Crippen molar-refractivity contribution in [2.45, 2.75) is 12.5 Å². The fourth-order valence-corrected chi connectivity index (χ4v) is 5.27. The minimum absolute atomic E-state index is 0.0206. The molecule has 3 aromatic rings. The first-order valence-electron chi connectivity index (χ1n) is 11.1. The van der Waals surface area contributed by atoms with Gasteiger partial charge >= 0.3 is 0 Å². The van der Waals surface area contributed by atoms with Gasteiger partial charge in [-0.2, -0.15) is 0 Å². The maximum atomic E-state index is 13.9. The van der Waals surface area contributed by atoms with E-state index in [1.165, 1.54) is 0 Å². The van der Waals surface area contributed by atoms with E-state index in [0.717, 1.165) is 16.5 Å². The van der Waals surface area contributed by atoms with Crippen LogP contribution < -0.4 is 10.1 Å². The van der Waals surface area contributed by atoms with Crippen LogP contribution in [0.1, 0.15) is 18.0 Å². The number of piperidine rings is 1. The summed E-state index contributed by atoms with van der Waals surface area (Å²) in [6, 6.07) is 15.1. The van der Waals surface area contributed by atoms with Gasteiger partial charge in [0.1, 0.15) is 5.75 Å². The van der Waals surface area contributed by atoms with Crippen LogP contribution in [0, 0.1) is 11.8 Å². The Morgan fingerprint density at radius 3 is 2.76 bits per heavy atom. The highest BCUT2D eigenvalue weighted by Crippen LogP contribution is 2.47. The summed E-state index contributed by atoms with van der Waals surface area (Å²) in [5.41, 5.74) is 3.43. The number of methoxy groups -OCH3 is 1. The number of likely N-dealkylation sites (tertiary alicyclic amines) is 1. The quantitative estimate of drug-likeness (QED) is 0.650. The van der Waals surface area contributed by atoms with Gasteiger partial charge in [-0.25, -0.2) is 0 Å². The standard InChI is InChI=1S/C27H27N3O3/c1-29-16-22(19-11-6-7-14-23(19)29)25-24(20-12-4-5-13-21(20)27(32)30(25)2)26(31)28-17-9-8-10-18(15-17)33-3/h4-11,13-16,20,24-25H,12H2,1-3H3,(H,28,31). The topological polar surface area (TPSA) is 63.6 Å². The molecule has 6 nitrogen and oxygen atoms in total. The van der Waals surface area contributed by atoms with Gasteiger partial charge in [0.2, 0.25) is 11.8 Å². The Kier molecular flexibility index (Phi) is 5.29. The van der Waals surface area contributed by atoms with E-state index in [2.05, 4.69) is 28.2 Å². The average Bonchev–Trinajstić information content (AvgIpc) is 3.17. The van der Waals surface area contributed by atoms with Crippen LogP contribution >= 0.6 is 0 Å². The van der Waals surface area contributed by atoms with Crippen molar-refractivity contribution >= 4 is 28.4 Å². The third-order valence-corrected chi connectivity index (χ3v) is 6.85. The van der Waals surface area contributed by atoms with Gasteiger partial charge < -0.3 is 19.5 Å². The number of nitrogens with one attached hydrogen (secondary N) is 1. The molecule has 6 heteroatoms. The van der Waals surface area contributed by atoms with Crippen LogP contribution in [0.25, 0.3) is 10.9 Å². The summed E-state index contributed by atoms with van der Waals surface area (Å²) in [6.45, 7) is 0. The second-order valence-corrected chi connectivity index (χ2v) is 8.71. The number of carbonyl (C=O) groups is 2. The molecule has 3 atom stereocenters. The Morgan fingerprint density at radius 2 is 1.94 bits per heavy atom. The predicted molar refractivity (Wildman–Crippen MR) is 129 cm³/mol. The van der Waals surface area contributed by atoms with E-state index in [-0.39, 0.29) is 23.8 Å². The minimum Gasteiger partial charge on any atom is -0.497 e. The number of benzene rings is 2. The van der Waals surface area contributed by atoms with Crippen molar-refractivity contribution in [1.82, 2.24) is 9.47 Å². The van der Waals surface area contributed by atoms with Gasteiger partial charge in [0, 0.05) is 60.0 Å². The lowest BCUT2D eigenvalue weighted by atomic mass is 9.70. The van der Waals surface area contributed by atoms with Gasteiger partial charge in [0.15, 0.2) is 0 Å². The van der Waals surface area contributed by atoms with Crippen LogP contribution in [0.15, 0.2) is 78.5 Å². The number of para-hydroxylation sites is 1. The van der Waals surface area contributed by atoms with Crippen LogP contribution in [0.5, 0.6) is 5.75 Å². The first-order chi connectivity index (χ1) is 16.0. The molecule has 0 spiro atoms. The predicted octanol–water partition coefficient (Wildman–Crippen LogP) is 4.46. The summed E-state index contributed by atoms with van der Waals surface area (Å²) in [6.07, 6.45) is 8.52. The van der Waals surface area contributed by atoms with Gasteiger partial charge in [-0.1, -0.05) is 42.5 Å². The molecule has 1 aliphatic heterocycles. The first kappa shape index (κ1) is 21.1. The van der Waals surface area contributed by atoms with E-state index < -0.39 is 5.92 Å². The number of aryl methyl sites for hydroxylation is 1. The Bertz CT molecular complexity index is 1300. The highest BCUT2D eigenvalue weighted by molar-refractivity contribution is 6.02. The molecule has 3 unspecified atom stereocenters. The van der Waals surface area contributed by atoms with Gasteiger partial charge in [-0.3, -0.25) is 9.59 Å². The number of hydrogen-bond donors (Lipinski definition) is 1. The summed E-state index contributed by atoms with van der Waals surface area (Å²) >= 11 is 0. The van der Waals surface area contributed by atoms with E-state index in [9.17, 15) is 9.59 Å². The van der Waals surface area contributed by atoms with Crippen molar-refractivity contribution in [2.24, 2.45) is 18.9 Å². The number of likely N-dealkylation sites (N-methyl/N-ethyl adjacent to an activating group) is 1. The molecule has 2 amide bonds. The van der Waals surface area contributed by atoms with E-state index in [4.69, 9.17) is 4.74 Å². The number of amides is 2. The Morgan fingerprint density at radius 1 is 1.12 bits per heavy atom. The maximum absolute atomic E-state index is 13.9. The summed E-state index contributed by atoms with van der Waals surface area (Å²) in [5, 5.41) is 4.15. The molecule has 5 rings (SSSR count). The smallest absolute Gasteiger partial charge is 0.250 e. The lowest BCUT2D eigenvalue weighted by Gasteiger charge is -2.44. The number of ether oxygens (including phenoxy) is 1. The monoisotopic (exact) mass is 441 g/mol. The largest absolute Gasteiger partial charge is 0.497 e. The van der Waals surface area contributed by atoms with Gasteiger partial charge in [-0.05, 0) is 24.6 Å². The van der Waals surface area contributed by atoms with Crippen LogP contribution in [0.3, 0.4) is 0 Å². The number of fused-ring (bicyclic) bond motifs is 2. The molecule has 1 saturated heterocycles. The lowest BCUT2D eigenvalue weighted by molar-refractivity contribution is -0.137. The second kappa shape index (κ2) is 8.28. The lowest BCUT2D eigenvalue weighted by Crippen LogP contribution is -2.50. The number of aromatic nitrogens is 1. The highest BCUT2D eigenvalue weighted by Gasteiger charge is 2.48. The number of nitrogens with zero attached hydrogens (tertiary/aromatic N) is 2. The summed E-state index contributed by atoms with van der Waals surface area (Å²) in [5.74, 6) is -0.0795. The van der Waals surface area contributed by atoms with E-state index in [1.54, 1.807) is 25.1 Å². The number of carbonyl (C=O) groups excluding carboxylic acids is 2. The molecule has 1 aliphatic carbocycles. The molecule has 0 saturated carbocycles. The van der Waals surface area contributed by atoms with Crippen LogP contribution in [-0.2, 0) is 16.6 Å². The van der Waals surface area contributed by atoms with Gasteiger partial charge in [-0.15, -0.1) is 0 Å². The molecule has 1 fully saturated rings. The van der Waals surface area contributed by atoms with E-state index in [1.807, 2.05) is 55.6 Å². The molecular weight excluding hydrogens is 414 g/mol. The van der Waals surface area contributed by atoms with Crippen LogP contribution in [0.4, 0.5) is 5.69 Å². The molecule has 1 aromatic heterocycles. The average molecular weight is 442 g/mol. The normalized spacial score (nSPS) is 22.2. The number of anilines is 1. The number of rotatable bonds is 4. The van der Waals surface area contributed by atoms with Crippen LogP contribution in [-0.4, -0.2) is 35.4 Å². The van der Waals surface area contributed by atoms with E-state index in [0.29, 0.717) is 23.4 Å². The summed E-state index contributed by atoms with van der Waals surface area (Å²) in [7, 11) is 5.40. The first-order valence-corrected chi connectivity index (χ1v) is 11.1. The van der Waals surface area contributed by atoms with Gasteiger partial charge in [0.05, 0.1) is 19.1 Å². The molecule has 2 aliphatic rings. The Hall–Kier alpha value is -3.80. The fraction of sp³-hybridized carbons (Fsp3) is 0.259. The van der Waals surface area contributed by atoms with Crippen molar-refractivity contribution in [3.63, 3.8) is 0 Å². The summed E-state index contributed by atoms with van der Waals surface area (Å²) < 4.78 is 7.38. The molecule has 0 radical (unpaired) electrons. The van der Waals surface area contributed by atoms with E-state index >= 15 is 0 Å². The molecule has 1 N–H and O–H groups in total. The zero-order valence-corrected chi connectivity index (χ0v) is 19.0. The molecular formula is C27H27N3O3. The third kappa shape index (κ3) is 3.52. The van der Waals surface area contributed by atoms with Crippen molar-refractivity contribution in [2.75, 3.05) is 19.5 Å². The van der Waals surface area contributed by atoms with Crippen molar-refractivity contribution < 1.29 is 14.3 Å². The SMILES string of the molecule is COc1cccc(NC(=O)C2C3CC=CC=C3C(=O)N(C)C2c2cn(C)c3ccccc23)c1. The zero-order chi connectivity index (χ0) is 23.1. The molecule has 168 valence electrons. The highest BCUT2D eigenvalue weighted by atomic mass is 16.5. The van der Waals surface area contributed by atoms with Gasteiger partial charge in [0.25, 0.3) is 0 Å². The molecule has 2 aromatic carbocycles.